The highest BCUT2D eigenvalue weighted by Crippen LogP contribution is 2.06. The first-order valence-electron chi connectivity index (χ1n) is 23.3. The summed E-state index contributed by atoms with van der Waals surface area (Å²) >= 11 is 8.66. The Hall–Kier alpha value is -6.94. The van der Waals surface area contributed by atoms with Crippen molar-refractivity contribution >= 4 is 69.2 Å². The molecule has 0 saturated carbocycles. The van der Waals surface area contributed by atoms with E-state index in [0.29, 0.717) is 35.2 Å². The van der Waals surface area contributed by atoms with Crippen molar-refractivity contribution in [1.29, 1.82) is 0 Å². The van der Waals surface area contributed by atoms with Gasteiger partial charge in [-0.1, -0.05) is 43.5 Å². The van der Waals surface area contributed by atoms with Crippen LogP contribution in [-0.2, 0) is 7.05 Å². The number of rotatable bonds is 0. The minimum Gasteiger partial charge on any atom is -0.426 e. The topological polar surface area (TPSA) is 341 Å². The molecule has 0 bridgehead atoms. The normalized spacial score (nSPS) is 9.22. The molecule has 0 saturated heterocycles. The van der Waals surface area contributed by atoms with Crippen LogP contribution in [0.15, 0.2) is 30.7 Å². The van der Waals surface area contributed by atoms with Gasteiger partial charge in [-0.15, -0.1) is 41.9 Å². The molecule has 11 aromatic heterocycles. The monoisotopic (exact) mass is 1190 g/mol. The Morgan fingerprint density at radius 1 is 0.397 bits per heavy atom. The summed E-state index contributed by atoms with van der Waals surface area (Å²) in [5.74, 6) is 5.63. The second kappa shape index (κ2) is 41.2. The van der Waals surface area contributed by atoms with E-state index in [1.54, 1.807) is 63.9 Å². The average Bonchev–Trinajstić information content (AvgIpc) is 4.23. The molecule has 0 amide bonds. The van der Waals surface area contributed by atoms with Gasteiger partial charge in [-0.2, -0.15) is 32.6 Å². The lowest BCUT2D eigenvalue weighted by atomic mass is 10.4. The van der Waals surface area contributed by atoms with Crippen molar-refractivity contribution in [3.05, 3.63) is 123 Å². The molecule has 11 rings (SSSR count). The van der Waals surface area contributed by atoms with E-state index >= 15 is 0 Å². The van der Waals surface area contributed by atoms with E-state index in [9.17, 15) is 0 Å². The van der Waals surface area contributed by atoms with Crippen LogP contribution in [0.1, 0.15) is 125 Å². The standard InChI is InChI=1S/4C4H6N2O.6C4H6N2S.C3H5N3.C2H6/c1-3-5-6-4(2)7-3;2*1-3-5-4(2)7-6-3;1-3-4(2)6-7-5-3;1-3-5-6-4(2)7-3;2*1-3-5-4(2)7-6-3;2*1-3-4(2)7-6-5-3;1-3-4(2)6-7-5-3;1-6-3-4-2-5-6;1-2/h10*1-2H3;2-3H,1H3;1-2H3. The molecule has 27 nitrogen and oxygen atoms in total. The lowest BCUT2D eigenvalue weighted by Gasteiger charge is -1.75. The fourth-order valence-corrected chi connectivity index (χ4v) is 6.78. The highest BCUT2D eigenvalue weighted by molar-refractivity contribution is 7.11. The highest BCUT2D eigenvalue weighted by atomic mass is 32.1. The first kappa shape index (κ1) is 71.1. The van der Waals surface area contributed by atoms with Crippen LogP contribution in [0.2, 0.25) is 0 Å². The summed E-state index contributed by atoms with van der Waals surface area (Å²) in [7, 11) is 1.83. The number of aryl methyl sites for hydroxylation is 21. The Kier molecular flexibility index (Phi) is 37.5. The molecule has 0 aliphatic rings. The first-order valence-corrected chi connectivity index (χ1v) is 27.9. The highest BCUT2D eigenvalue weighted by Gasteiger charge is 1.96. The first-order chi connectivity index (χ1) is 36.8. The minimum atomic E-state index is 0.623. The van der Waals surface area contributed by atoms with Crippen molar-refractivity contribution in [1.82, 2.24) is 112 Å². The van der Waals surface area contributed by atoms with Gasteiger partial charge in [0.15, 0.2) is 11.6 Å². The summed E-state index contributed by atoms with van der Waals surface area (Å²) in [6.45, 7) is 41.8. The van der Waals surface area contributed by atoms with Crippen molar-refractivity contribution < 1.29 is 18.1 Å². The summed E-state index contributed by atoms with van der Waals surface area (Å²) in [5.41, 5.74) is 5.91. The van der Waals surface area contributed by atoms with Gasteiger partial charge in [-0.25, -0.2) is 19.6 Å². The Labute approximate surface area is 479 Å². The molecule has 0 spiro atoms. The maximum Gasteiger partial charge on any atom is 0.223 e. The molecule has 0 aliphatic carbocycles. The Morgan fingerprint density at radius 2 is 0.808 bits per heavy atom. The molecule has 11 aromatic rings. The van der Waals surface area contributed by atoms with E-state index < -0.39 is 0 Å². The van der Waals surface area contributed by atoms with Crippen molar-refractivity contribution in [3.63, 3.8) is 0 Å². The lowest BCUT2D eigenvalue weighted by molar-refractivity contribution is 0.302. The van der Waals surface area contributed by atoms with Crippen LogP contribution in [-0.4, -0.2) is 112 Å². The molecular formula is C45H71N23O4S6. The summed E-state index contributed by atoms with van der Waals surface area (Å²) < 4.78 is 43.3. The molecule has 0 N–H and O–H groups in total. The molecule has 11 heterocycles. The zero-order chi connectivity index (χ0) is 59.2. The van der Waals surface area contributed by atoms with Gasteiger partial charge in [0.05, 0.1) is 34.5 Å². The SMILES string of the molecule is CC.Cc1nnc(C)o1.Cc1nnc(C)s1.Cc1nnsc1C.Cc1nnsc1C.Cc1noc(C)n1.Cc1noc(C)n1.Cc1nonc1C.Cc1nsc(C)n1.Cc1nsc(C)n1.Cc1nsnc1C.Cn1cncn1. The predicted octanol–water partition coefficient (Wildman–Crippen LogP) is 10.5. The van der Waals surface area contributed by atoms with Gasteiger partial charge >= 0.3 is 0 Å². The number of nitrogens with zero attached hydrogens (tertiary/aromatic N) is 23. The summed E-state index contributed by atoms with van der Waals surface area (Å²) in [6.07, 6.45) is 3.14. The van der Waals surface area contributed by atoms with Crippen LogP contribution in [0.25, 0.3) is 0 Å². The van der Waals surface area contributed by atoms with E-state index in [-0.39, 0.29) is 0 Å². The average molecular weight is 1190 g/mol. The van der Waals surface area contributed by atoms with Crippen LogP contribution in [0.5, 0.6) is 0 Å². The predicted molar refractivity (Wildman–Crippen MR) is 304 cm³/mol. The fraction of sp³-hybridized carbons (Fsp3) is 0.511. The zero-order valence-electron chi connectivity index (χ0n) is 48.5. The van der Waals surface area contributed by atoms with Crippen LogP contribution in [0.4, 0.5) is 0 Å². The van der Waals surface area contributed by atoms with Gasteiger partial charge in [0, 0.05) is 44.5 Å². The molecule has 0 aliphatic heterocycles. The van der Waals surface area contributed by atoms with Crippen molar-refractivity contribution in [2.24, 2.45) is 7.05 Å². The quantitative estimate of drug-likeness (QED) is 0.136. The van der Waals surface area contributed by atoms with Crippen molar-refractivity contribution in [2.45, 2.75) is 152 Å². The maximum atomic E-state index is 4.86. The summed E-state index contributed by atoms with van der Waals surface area (Å²) in [6, 6.07) is 0. The summed E-state index contributed by atoms with van der Waals surface area (Å²) in [4.78, 5) is 21.8. The van der Waals surface area contributed by atoms with Crippen molar-refractivity contribution in [2.75, 3.05) is 0 Å². The van der Waals surface area contributed by atoms with Crippen LogP contribution in [0, 0.1) is 138 Å². The third-order valence-corrected chi connectivity index (χ3v) is 12.2. The van der Waals surface area contributed by atoms with Gasteiger partial charge in [-0.3, -0.25) is 4.68 Å². The van der Waals surface area contributed by atoms with Crippen LogP contribution < -0.4 is 0 Å². The molecule has 0 fully saturated rings. The van der Waals surface area contributed by atoms with Gasteiger partial charge in [-0.05, 0) is 157 Å². The van der Waals surface area contributed by atoms with E-state index in [1.165, 1.54) is 73.9 Å². The molecule has 0 atom stereocenters. The zero-order valence-corrected chi connectivity index (χ0v) is 53.4. The van der Waals surface area contributed by atoms with Gasteiger partial charge in [0.2, 0.25) is 23.6 Å². The molecule has 0 aromatic carbocycles. The third-order valence-electron chi connectivity index (χ3n) is 7.82. The lowest BCUT2D eigenvalue weighted by Crippen LogP contribution is -1.83. The molecule has 426 valence electrons. The number of hydrogen-bond acceptors (Lipinski definition) is 32. The Morgan fingerprint density at radius 3 is 0.910 bits per heavy atom. The largest absolute Gasteiger partial charge is 0.426 e. The second-order valence-corrected chi connectivity index (χ2v) is 20.6. The van der Waals surface area contributed by atoms with E-state index in [4.69, 9.17) is 4.42 Å². The number of hydrogen-bond donors (Lipinski definition) is 0. The third kappa shape index (κ3) is 36.2. The van der Waals surface area contributed by atoms with Gasteiger partial charge in [0.25, 0.3) is 0 Å². The van der Waals surface area contributed by atoms with Gasteiger partial charge in [0.1, 0.15) is 55.7 Å². The molecule has 78 heavy (non-hydrogen) atoms. The molecule has 0 radical (unpaired) electrons. The Bertz CT molecular complexity index is 2530. The van der Waals surface area contributed by atoms with Crippen LogP contribution >= 0.6 is 69.2 Å². The second-order valence-electron chi connectivity index (χ2n) is 14.9. The molecule has 0 unspecified atom stereocenters. The fourth-order valence-electron chi connectivity index (χ4n) is 3.77. The molecular weight excluding hydrogens is 1120 g/mol. The van der Waals surface area contributed by atoms with Crippen LogP contribution in [0.3, 0.4) is 0 Å². The van der Waals surface area contributed by atoms with E-state index in [0.717, 1.165) is 65.8 Å². The summed E-state index contributed by atoms with van der Waals surface area (Å²) in [5, 5.41) is 44.3. The van der Waals surface area contributed by atoms with Gasteiger partial charge < -0.3 is 13.5 Å². The van der Waals surface area contributed by atoms with E-state index in [2.05, 4.69) is 121 Å². The molecule has 33 heteroatoms. The van der Waals surface area contributed by atoms with E-state index in [1.807, 2.05) is 118 Å². The number of aromatic nitrogens is 23. The maximum absolute atomic E-state index is 4.86. The minimum absolute atomic E-state index is 0.623. The smallest absolute Gasteiger partial charge is 0.223 e. The van der Waals surface area contributed by atoms with Crippen molar-refractivity contribution in [3.8, 4) is 0 Å². The Balaban J connectivity index is 0.000000833.